The molecular weight excluding hydrogens is 252 g/mol. The van der Waals surface area contributed by atoms with Crippen LogP contribution in [0.3, 0.4) is 0 Å². The van der Waals surface area contributed by atoms with Gasteiger partial charge in [0.25, 0.3) is 0 Å². The molecule has 1 saturated heterocycles. The molecule has 4 nitrogen and oxygen atoms in total. The highest BCUT2D eigenvalue weighted by Crippen LogP contribution is 2.36. The number of hydrogen-bond acceptors (Lipinski definition) is 2. The van der Waals surface area contributed by atoms with Gasteiger partial charge in [-0.15, -0.1) is 0 Å². The number of carbonyl (C=O) groups is 2. The van der Waals surface area contributed by atoms with Crippen LogP contribution in [0.2, 0.25) is 0 Å². The SMILES string of the molecule is CCC1(C)C(=O)NC(C(C)(C)C)C(=O)N1CCC1CC1. The highest BCUT2D eigenvalue weighted by atomic mass is 16.2. The van der Waals surface area contributed by atoms with E-state index >= 15 is 0 Å². The minimum absolute atomic E-state index is 0.00433. The number of carbonyl (C=O) groups excluding carboxylic acids is 2. The van der Waals surface area contributed by atoms with Crippen LogP contribution in [0, 0.1) is 11.3 Å². The van der Waals surface area contributed by atoms with Crippen LogP contribution >= 0.6 is 0 Å². The van der Waals surface area contributed by atoms with Gasteiger partial charge in [-0.1, -0.05) is 40.5 Å². The van der Waals surface area contributed by atoms with Crippen molar-refractivity contribution in [1.29, 1.82) is 0 Å². The molecule has 0 aromatic carbocycles. The van der Waals surface area contributed by atoms with Gasteiger partial charge in [-0.2, -0.15) is 0 Å². The lowest BCUT2D eigenvalue weighted by Crippen LogP contribution is -2.71. The van der Waals surface area contributed by atoms with Crippen molar-refractivity contribution in [2.24, 2.45) is 11.3 Å². The molecule has 2 aliphatic rings. The normalized spacial score (nSPS) is 31.4. The van der Waals surface area contributed by atoms with Gasteiger partial charge in [0.05, 0.1) is 0 Å². The smallest absolute Gasteiger partial charge is 0.246 e. The number of rotatable bonds is 4. The largest absolute Gasteiger partial charge is 0.342 e. The molecule has 20 heavy (non-hydrogen) atoms. The van der Waals surface area contributed by atoms with Crippen molar-refractivity contribution < 1.29 is 9.59 Å². The minimum atomic E-state index is -0.687. The van der Waals surface area contributed by atoms with Crippen LogP contribution in [0.5, 0.6) is 0 Å². The van der Waals surface area contributed by atoms with Crippen LogP contribution < -0.4 is 5.32 Å². The molecule has 1 heterocycles. The quantitative estimate of drug-likeness (QED) is 0.859. The maximum absolute atomic E-state index is 12.8. The Bertz CT molecular complexity index is 409. The zero-order chi connectivity index (χ0) is 15.1. The second kappa shape index (κ2) is 5.05. The highest BCUT2D eigenvalue weighted by Gasteiger charge is 2.51. The van der Waals surface area contributed by atoms with Gasteiger partial charge >= 0.3 is 0 Å². The van der Waals surface area contributed by atoms with Crippen molar-refractivity contribution in [3.63, 3.8) is 0 Å². The fourth-order valence-electron chi connectivity index (χ4n) is 2.88. The summed E-state index contributed by atoms with van der Waals surface area (Å²) in [5.41, 5.74) is -0.937. The number of hydrogen-bond donors (Lipinski definition) is 1. The molecule has 0 bridgehead atoms. The van der Waals surface area contributed by atoms with Gasteiger partial charge < -0.3 is 10.2 Å². The third-order valence-corrected chi connectivity index (χ3v) is 4.89. The Hall–Kier alpha value is -1.06. The molecule has 4 heteroatoms. The monoisotopic (exact) mass is 280 g/mol. The molecule has 1 aliphatic carbocycles. The zero-order valence-corrected chi connectivity index (χ0v) is 13.5. The first-order valence-corrected chi connectivity index (χ1v) is 7.82. The number of nitrogens with one attached hydrogen (secondary N) is 1. The molecule has 2 amide bonds. The lowest BCUT2D eigenvalue weighted by Gasteiger charge is -2.49. The van der Waals surface area contributed by atoms with Crippen LogP contribution in [0.15, 0.2) is 0 Å². The number of nitrogens with zero attached hydrogens (tertiary/aromatic N) is 1. The Morgan fingerprint density at radius 3 is 2.35 bits per heavy atom. The summed E-state index contributed by atoms with van der Waals surface area (Å²) in [6.07, 6.45) is 4.25. The minimum Gasteiger partial charge on any atom is -0.342 e. The van der Waals surface area contributed by atoms with Gasteiger partial charge in [-0.25, -0.2) is 0 Å². The third kappa shape index (κ3) is 2.70. The van der Waals surface area contributed by atoms with E-state index in [1.54, 1.807) is 0 Å². The lowest BCUT2D eigenvalue weighted by atomic mass is 9.80. The van der Waals surface area contributed by atoms with Crippen molar-refractivity contribution in [2.75, 3.05) is 6.54 Å². The number of piperazine rings is 1. The van der Waals surface area contributed by atoms with Crippen molar-refractivity contribution in [2.45, 2.75) is 71.9 Å². The lowest BCUT2D eigenvalue weighted by molar-refractivity contribution is -0.160. The molecule has 1 saturated carbocycles. The molecule has 114 valence electrons. The van der Waals surface area contributed by atoms with Crippen LogP contribution in [0.25, 0.3) is 0 Å². The molecule has 2 fully saturated rings. The fourth-order valence-corrected chi connectivity index (χ4v) is 2.88. The molecule has 2 rings (SSSR count). The van der Waals surface area contributed by atoms with E-state index in [0.717, 1.165) is 12.3 Å². The Morgan fingerprint density at radius 2 is 1.90 bits per heavy atom. The van der Waals surface area contributed by atoms with E-state index in [4.69, 9.17) is 0 Å². The van der Waals surface area contributed by atoms with Gasteiger partial charge in [-0.3, -0.25) is 9.59 Å². The fraction of sp³-hybridized carbons (Fsp3) is 0.875. The van der Waals surface area contributed by atoms with Gasteiger partial charge in [0, 0.05) is 6.54 Å². The highest BCUT2D eigenvalue weighted by molar-refractivity contribution is 5.99. The van der Waals surface area contributed by atoms with Gasteiger partial charge in [0.2, 0.25) is 11.8 Å². The van der Waals surface area contributed by atoms with E-state index in [1.807, 2.05) is 39.5 Å². The van der Waals surface area contributed by atoms with Crippen LogP contribution in [-0.4, -0.2) is 34.8 Å². The molecule has 0 aromatic rings. The summed E-state index contributed by atoms with van der Waals surface area (Å²) in [5.74, 6) is 0.847. The molecule has 0 spiro atoms. The van der Waals surface area contributed by atoms with E-state index in [1.165, 1.54) is 12.8 Å². The van der Waals surface area contributed by atoms with E-state index in [0.29, 0.717) is 13.0 Å². The summed E-state index contributed by atoms with van der Waals surface area (Å²) < 4.78 is 0. The molecular formula is C16H28N2O2. The van der Waals surface area contributed by atoms with Crippen LogP contribution in [0.4, 0.5) is 0 Å². The third-order valence-electron chi connectivity index (χ3n) is 4.89. The topological polar surface area (TPSA) is 49.4 Å². The first-order valence-electron chi connectivity index (χ1n) is 7.82. The summed E-state index contributed by atoms with van der Waals surface area (Å²) in [6.45, 7) is 10.6. The average molecular weight is 280 g/mol. The summed E-state index contributed by atoms with van der Waals surface area (Å²) >= 11 is 0. The molecule has 0 radical (unpaired) electrons. The van der Waals surface area contributed by atoms with E-state index in [-0.39, 0.29) is 17.2 Å². The van der Waals surface area contributed by atoms with Gasteiger partial charge in [0.1, 0.15) is 11.6 Å². The van der Waals surface area contributed by atoms with Crippen molar-refractivity contribution in [3.05, 3.63) is 0 Å². The summed E-state index contributed by atoms with van der Waals surface area (Å²) in [4.78, 5) is 27.2. The molecule has 0 aromatic heterocycles. The Balaban J connectivity index is 2.23. The molecule has 2 unspecified atom stereocenters. The summed E-state index contributed by atoms with van der Waals surface area (Å²) in [7, 11) is 0. The molecule has 1 N–H and O–H groups in total. The molecule has 1 aliphatic heterocycles. The zero-order valence-electron chi connectivity index (χ0n) is 13.5. The van der Waals surface area contributed by atoms with E-state index < -0.39 is 11.6 Å². The van der Waals surface area contributed by atoms with E-state index in [2.05, 4.69) is 5.32 Å². The average Bonchev–Trinajstić information content (AvgIpc) is 3.16. The van der Waals surface area contributed by atoms with Gasteiger partial charge in [-0.05, 0) is 31.1 Å². The van der Waals surface area contributed by atoms with E-state index in [9.17, 15) is 9.59 Å². The van der Waals surface area contributed by atoms with Crippen LogP contribution in [0.1, 0.15) is 60.3 Å². The second-order valence-electron chi connectivity index (χ2n) is 7.62. The first kappa shape index (κ1) is 15.3. The predicted octanol–water partition coefficient (Wildman–Crippen LogP) is 2.33. The Morgan fingerprint density at radius 1 is 1.30 bits per heavy atom. The van der Waals surface area contributed by atoms with Crippen molar-refractivity contribution in [1.82, 2.24) is 10.2 Å². The summed E-state index contributed by atoms with van der Waals surface area (Å²) in [5, 5.41) is 2.95. The Labute approximate surface area is 122 Å². The Kier molecular flexibility index (Phi) is 3.87. The standard InChI is InChI=1S/C16H28N2O2/c1-6-16(5)14(20)17-12(15(2,3)4)13(19)18(16)10-9-11-7-8-11/h11-12H,6-10H2,1-5H3,(H,17,20). The van der Waals surface area contributed by atoms with Gasteiger partial charge in [0.15, 0.2) is 0 Å². The predicted molar refractivity (Wildman–Crippen MR) is 79.1 cm³/mol. The maximum Gasteiger partial charge on any atom is 0.246 e. The first-order chi connectivity index (χ1) is 9.20. The second-order valence-corrected chi connectivity index (χ2v) is 7.62. The summed E-state index contributed by atoms with van der Waals surface area (Å²) in [6, 6.07) is -0.408. The molecule has 2 atom stereocenters. The van der Waals surface area contributed by atoms with Crippen molar-refractivity contribution >= 4 is 11.8 Å². The maximum atomic E-state index is 12.8. The van der Waals surface area contributed by atoms with Crippen LogP contribution in [-0.2, 0) is 9.59 Å². The number of amides is 2. The van der Waals surface area contributed by atoms with Crippen molar-refractivity contribution in [3.8, 4) is 0 Å².